The summed E-state index contributed by atoms with van der Waals surface area (Å²) < 4.78 is 15.4. The number of carbonyl (C=O) groups excluding carboxylic acids is 2. The van der Waals surface area contributed by atoms with E-state index in [1.54, 1.807) is 0 Å². The van der Waals surface area contributed by atoms with Crippen molar-refractivity contribution in [2.24, 2.45) is 0 Å². The van der Waals surface area contributed by atoms with E-state index in [9.17, 15) is 19.8 Å². The molecule has 5 atom stereocenters. The molecule has 1 aromatic carbocycles. The highest BCUT2D eigenvalue weighted by molar-refractivity contribution is 5.77. The zero-order chi connectivity index (χ0) is 20.5. The maximum Gasteiger partial charge on any atom is 0.407 e. The maximum absolute atomic E-state index is 12.1. The fourth-order valence-corrected chi connectivity index (χ4v) is 2.75. The minimum absolute atomic E-state index is 0.0165. The molecule has 1 saturated heterocycles. The average molecular weight is 398 g/mol. The van der Waals surface area contributed by atoms with Gasteiger partial charge >= 0.3 is 6.09 Å². The van der Waals surface area contributed by atoms with Crippen LogP contribution >= 0.6 is 0 Å². The molecule has 2 amide bonds. The molecule has 10 nitrogen and oxygen atoms in total. The molecule has 1 aromatic rings. The fraction of sp³-hybridized carbons (Fsp3) is 0.556. The number of methoxy groups -OCH3 is 1. The second-order valence-electron chi connectivity index (χ2n) is 6.27. The molecule has 2 rings (SSSR count). The van der Waals surface area contributed by atoms with Gasteiger partial charge in [0.1, 0.15) is 31.0 Å². The summed E-state index contributed by atoms with van der Waals surface area (Å²) >= 11 is 0. The minimum Gasteiger partial charge on any atom is -0.445 e. The Bertz CT molecular complexity index is 627. The number of hydrogen-bond acceptors (Lipinski definition) is 8. The highest BCUT2D eigenvalue weighted by atomic mass is 16.7. The van der Waals surface area contributed by atoms with Crippen LogP contribution in [-0.4, -0.2) is 78.2 Å². The number of carbonyl (C=O) groups is 2. The third kappa shape index (κ3) is 6.14. The van der Waals surface area contributed by atoms with Crippen LogP contribution < -0.4 is 10.6 Å². The Kier molecular flexibility index (Phi) is 8.61. The van der Waals surface area contributed by atoms with Crippen LogP contribution in [0.4, 0.5) is 4.79 Å². The van der Waals surface area contributed by atoms with Crippen LogP contribution in [0, 0.1) is 0 Å². The Labute approximate surface area is 162 Å². The minimum atomic E-state index is -1.39. The number of aliphatic hydroxyl groups is 3. The molecule has 0 unspecified atom stereocenters. The Morgan fingerprint density at radius 1 is 1.18 bits per heavy atom. The van der Waals surface area contributed by atoms with Crippen LogP contribution in [0.15, 0.2) is 30.3 Å². The van der Waals surface area contributed by atoms with Gasteiger partial charge in [0.2, 0.25) is 5.91 Å². The van der Waals surface area contributed by atoms with Gasteiger partial charge in [-0.15, -0.1) is 0 Å². The summed E-state index contributed by atoms with van der Waals surface area (Å²) in [6.07, 6.45) is -5.57. The van der Waals surface area contributed by atoms with Crippen LogP contribution in [0.3, 0.4) is 0 Å². The Morgan fingerprint density at radius 2 is 1.89 bits per heavy atom. The lowest BCUT2D eigenvalue weighted by molar-refractivity contribution is -0.262. The predicted molar refractivity (Wildman–Crippen MR) is 95.9 cm³/mol. The van der Waals surface area contributed by atoms with Crippen molar-refractivity contribution in [3.8, 4) is 0 Å². The number of ether oxygens (including phenoxy) is 3. The van der Waals surface area contributed by atoms with Crippen LogP contribution in [0.2, 0.25) is 0 Å². The summed E-state index contributed by atoms with van der Waals surface area (Å²) in [6.45, 7) is -0.375. The molecule has 0 saturated carbocycles. The van der Waals surface area contributed by atoms with E-state index in [-0.39, 0.29) is 19.6 Å². The van der Waals surface area contributed by atoms with Gasteiger partial charge in [-0.2, -0.15) is 0 Å². The maximum atomic E-state index is 12.1. The second-order valence-corrected chi connectivity index (χ2v) is 6.27. The largest absolute Gasteiger partial charge is 0.445 e. The summed E-state index contributed by atoms with van der Waals surface area (Å²) in [4.78, 5) is 23.7. The van der Waals surface area contributed by atoms with Gasteiger partial charge in [0.15, 0.2) is 6.29 Å². The van der Waals surface area contributed by atoms with Crippen molar-refractivity contribution >= 4 is 12.0 Å². The van der Waals surface area contributed by atoms with Crippen molar-refractivity contribution in [1.82, 2.24) is 10.6 Å². The van der Waals surface area contributed by atoms with E-state index in [1.807, 2.05) is 30.3 Å². The molecule has 10 heteroatoms. The Morgan fingerprint density at radius 3 is 2.54 bits per heavy atom. The normalized spacial score (nSPS) is 27.1. The number of amides is 2. The highest BCUT2D eigenvalue weighted by Gasteiger charge is 2.45. The smallest absolute Gasteiger partial charge is 0.407 e. The van der Waals surface area contributed by atoms with Gasteiger partial charge in [-0.3, -0.25) is 4.79 Å². The summed E-state index contributed by atoms with van der Waals surface area (Å²) in [5, 5.41) is 34.2. The standard InChI is InChI=1S/C18H26N2O8/c1-26-17-14(16(24)15(23)12(9-21)28-17)20-13(22)7-8-19-18(25)27-10-11-5-3-2-4-6-11/h2-6,12,14-17,21,23-24H,7-10H2,1H3,(H,19,25)(H,20,22)/t12-,14-,15-,16-,17+/m1/s1. The van der Waals surface area contributed by atoms with Crippen molar-refractivity contribution in [2.45, 2.75) is 43.7 Å². The number of rotatable bonds is 8. The van der Waals surface area contributed by atoms with E-state index in [2.05, 4.69) is 10.6 Å². The highest BCUT2D eigenvalue weighted by Crippen LogP contribution is 2.21. The van der Waals surface area contributed by atoms with Crippen molar-refractivity contribution in [3.63, 3.8) is 0 Å². The van der Waals surface area contributed by atoms with Gasteiger partial charge in [-0.05, 0) is 5.56 Å². The fourth-order valence-electron chi connectivity index (χ4n) is 2.75. The number of nitrogens with one attached hydrogen (secondary N) is 2. The Hall–Kier alpha value is -2.24. The van der Waals surface area contributed by atoms with E-state index in [0.717, 1.165) is 5.56 Å². The summed E-state index contributed by atoms with van der Waals surface area (Å²) in [5.74, 6) is -0.493. The molecular formula is C18H26N2O8. The second kappa shape index (κ2) is 10.9. The number of benzene rings is 1. The van der Waals surface area contributed by atoms with Gasteiger partial charge in [-0.25, -0.2) is 4.79 Å². The zero-order valence-electron chi connectivity index (χ0n) is 15.5. The summed E-state index contributed by atoms with van der Waals surface area (Å²) in [7, 11) is 1.31. The molecule has 0 aromatic heterocycles. The van der Waals surface area contributed by atoms with Crippen LogP contribution in [0.5, 0.6) is 0 Å². The van der Waals surface area contributed by atoms with Gasteiger partial charge in [0, 0.05) is 20.1 Å². The van der Waals surface area contributed by atoms with E-state index >= 15 is 0 Å². The van der Waals surface area contributed by atoms with Crippen LogP contribution in [-0.2, 0) is 25.6 Å². The summed E-state index contributed by atoms with van der Waals surface area (Å²) in [6, 6.07) is 8.13. The number of alkyl carbamates (subject to hydrolysis) is 1. The third-order valence-electron chi connectivity index (χ3n) is 4.27. The van der Waals surface area contributed by atoms with Gasteiger partial charge in [0.05, 0.1) is 6.61 Å². The molecule has 1 aliphatic heterocycles. The molecule has 1 fully saturated rings. The first-order valence-corrected chi connectivity index (χ1v) is 8.85. The van der Waals surface area contributed by atoms with E-state index < -0.39 is 49.3 Å². The van der Waals surface area contributed by atoms with Gasteiger partial charge in [-0.1, -0.05) is 30.3 Å². The van der Waals surface area contributed by atoms with E-state index in [4.69, 9.17) is 19.3 Å². The van der Waals surface area contributed by atoms with Crippen molar-refractivity contribution in [3.05, 3.63) is 35.9 Å². The van der Waals surface area contributed by atoms with Gasteiger partial charge < -0.3 is 40.2 Å². The van der Waals surface area contributed by atoms with Crippen LogP contribution in [0.25, 0.3) is 0 Å². The van der Waals surface area contributed by atoms with Gasteiger partial charge in [0.25, 0.3) is 0 Å². The van der Waals surface area contributed by atoms with Crippen molar-refractivity contribution in [2.75, 3.05) is 20.3 Å². The number of hydrogen-bond donors (Lipinski definition) is 5. The summed E-state index contributed by atoms with van der Waals surface area (Å²) in [5.41, 5.74) is 0.840. The predicted octanol–water partition coefficient (Wildman–Crippen LogP) is -1.13. The molecule has 28 heavy (non-hydrogen) atoms. The first kappa shape index (κ1) is 22.1. The molecule has 0 bridgehead atoms. The lowest BCUT2D eigenvalue weighted by Gasteiger charge is -2.41. The zero-order valence-corrected chi connectivity index (χ0v) is 15.5. The quantitative estimate of drug-likeness (QED) is 0.370. The molecular weight excluding hydrogens is 372 g/mol. The van der Waals surface area contributed by atoms with E-state index in [0.29, 0.717) is 0 Å². The lowest BCUT2D eigenvalue weighted by Crippen LogP contribution is -2.64. The first-order chi connectivity index (χ1) is 13.5. The first-order valence-electron chi connectivity index (χ1n) is 8.85. The molecule has 0 radical (unpaired) electrons. The average Bonchev–Trinajstić information content (AvgIpc) is 2.71. The van der Waals surface area contributed by atoms with Crippen molar-refractivity contribution in [1.29, 1.82) is 0 Å². The number of aliphatic hydroxyl groups excluding tert-OH is 3. The Balaban J connectivity index is 1.73. The molecule has 1 heterocycles. The topological polar surface area (TPSA) is 147 Å². The molecule has 0 aliphatic carbocycles. The van der Waals surface area contributed by atoms with Crippen molar-refractivity contribution < 1.29 is 39.1 Å². The lowest BCUT2D eigenvalue weighted by atomic mass is 9.97. The molecule has 1 aliphatic rings. The third-order valence-corrected chi connectivity index (χ3v) is 4.27. The molecule has 156 valence electrons. The monoisotopic (exact) mass is 398 g/mol. The SMILES string of the molecule is CO[C@H]1O[C@H](CO)[C@@H](O)[C@H](O)[C@H]1NC(=O)CCNC(=O)OCc1ccccc1. The molecule has 5 N–H and O–H groups in total. The molecule has 0 spiro atoms. The van der Waals surface area contributed by atoms with Crippen LogP contribution in [0.1, 0.15) is 12.0 Å². The van der Waals surface area contributed by atoms with E-state index in [1.165, 1.54) is 7.11 Å².